The first-order chi connectivity index (χ1) is 9.95. The summed E-state index contributed by atoms with van der Waals surface area (Å²) in [6.45, 7) is 6.52. The molecule has 2 aromatic carbocycles. The van der Waals surface area contributed by atoms with Crippen LogP contribution in [-0.2, 0) is 10.2 Å². The minimum Gasteiger partial charge on any atom is -0.321 e. The molecule has 0 spiro atoms. The molecular formula is C19H19NO. The smallest absolute Gasteiger partial charge is 0.256 e. The molecule has 21 heavy (non-hydrogen) atoms. The number of hydrogen-bond donors (Lipinski definition) is 1. The quantitative estimate of drug-likeness (QED) is 0.765. The lowest BCUT2D eigenvalue weighted by molar-refractivity contribution is -0.110. The van der Waals surface area contributed by atoms with Crippen molar-refractivity contribution in [2.24, 2.45) is 0 Å². The van der Waals surface area contributed by atoms with Gasteiger partial charge in [-0.2, -0.15) is 0 Å². The Morgan fingerprint density at radius 1 is 1.00 bits per heavy atom. The lowest BCUT2D eigenvalue weighted by atomic mass is 9.86. The SMILES string of the molecule is CC(C)(C)c1ccc2c(c1)NC(=O)/C2=C/c1ccccc1. The van der Waals surface area contributed by atoms with Crippen molar-refractivity contribution >= 4 is 23.2 Å². The summed E-state index contributed by atoms with van der Waals surface area (Å²) < 4.78 is 0. The zero-order chi connectivity index (χ0) is 15.0. The Bertz CT molecular complexity index is 721. The van der Waals surface area contributed by atoms with Crippen molar-refractivity contribution in [3.63, 3.8) is 0 Å². The second-order valence-electron chi connectivity index (χ2n) is 6.43. The average Bonchev–Trinajstić information content (AvgIpc) is 2.75. The summed E-state index contributed by atoms with van der Waals surface area (Å²) in [7, 11) is 0. The number of hydrogen-bond acceptors (Lipinski definition) is 1. The summed E-state index contributed by atoms with van der Waals surface area (Å²) in [5.74, 6) is -0.0279. The summed E-state index contributed by atoms with van der Waals surface area (Å²) >= 11 is 0. The zero-order valence-corrected chi connectivity index (χ0v) is 12.6. The minimum absolute atomic E-state index is 0.0279. The number of carbonyl (C=O) groups excluding carboxylic acids is 1. The van der Waals surface area contributed by atoms with E-state index in [1.54, 1.807) is 0 Å². The number of anilines is 1. The van der Waals surface area contributed by atoms with E-state index in [4.69, 9.17) is 0 Å². The summed E-state index contributed by atoms with van der Waals surface area (Å²) in [5, 5.41) is 2.97. The fourth-order valence-electron chi connectivity index (χ4n) is 2.52. The third kappa shape index (κ3) is 2.62. The third-order valence-corrected chi connectivity index (χ3v) is 3.78. The van der Waals surface area contributed by atoms with Crippen LogP contribution < -0.4 is 5.32 Å². The molecule has 0 radical (unpaired) electrons. The van der Waals surface area contributed by atoms with Gasteiger partial charge in [-0.25, -0.2) is 0 Å². The van der Waals surface area contributed by atoms with Crippen molar-refractivity contribution in [2.45, 2.75) is 26.2 Å². The maximum atomic E-state index is 12.2. The molecule has 1 heterocycles. The van der Waals surface area contributed by atoms with Crippen LogP contribution in [-0.4, -0.2) is 5.91 Å². The second kappa shape index (κ2) is 4.88. The van der Waals surface area contributed by atoms with Gasteiger partial charge in [-0.3, -0.25) is 4.79 Å². The van der Waals surface area contributed by atoms with Crippen LogP contribution in [0.3, 0.4) is 0 Å². The van der Waals surface area contributed by atoms with Crippen molar-refractivity contribution < 1.29 is 4.79 Å². The van der Waals surface area contributed by atoms with Crippen molar-refractivity contribution in [1.82, 2.24) is 0 Å². The molecule has 3 rings (SSSR count). The first kappa shape index (κ1) is 13.6. The van der Waals surface area contributed by atoms with Gasteiger partial charge in [-0.15, -0.1) is 0 Å². The van der Waals surface area contributed by atoms with Gasteiger partial charge in [0.1, 0.15) is 0 Å². The maximum absolute atomic E-state index is 12.2. The van der Waals surface area contributed by atoms with Crippen LogP contribution in [0.25, 0.3) is 11.6 Å². The first-order valence-corrected chi connectivity index (χ1v) is 7.18. The Hall–Kier alpha value is -2.35. The van der Waals surface area contributed by atoms with Crippen LogP contribution in [0.15, 0.2) is 48.5 Å². The highest BCUT2D eigenvalue weighted by molar-refractivity contribution is 6.34. The number of nitrogens with one attached hydrogen (secondary N) is 1. The van der Waals surface area contributed by atoms with Gasteiger partial charge >= 0.3 is 0 Å². The molecule has 1 aliphatic heterocycles. The van der Waals surface area contributed by atoms with Gasteiger partial charge in [0, 0.05) is 16.8 Å². The number of fused-ring (bicyclic) bond motifs is 1. The third-order valence-electron chi connectivity index (χ3n) is 3.78. The molecule has 1 N–H and O–H groups in total. The monoisotopic (exact) mass is 277 g/mol. The van der Waals surface area contributed by atoms with Gasteiger partial charge in [-0.1, -0.05) is 63.2 Å². The van der Waals surface area contributed by atoms with Gasteiger partial charge in [0.05, 0.1) is 0 Å². The molecule has 1 amide bonds. The molecule has 0 fully saturated rings. The molecule has 0 aliphatic carbocycles. The van der Waals surface area contributed by atoms with E-state index in [0.717, 1.165) is 22.4 Å². The lowest BCUT2D eigenvalue weighted by Gasteiger charge is -2.19. The zero-order valence-electron chi connectivity index (χ0n) is 12.6. The highest BCUT2D eigenvalue weighted by atomic mass is 16.2. The highest BCUT2D eigenvalue weighted by Crippen LogP contribution is 2.36. The summed E-state index contributed by atoms with van der Waals surface area (Å²) in [6.07, 6.45) is 1.94. The van der Waals surface area contributed by atoms with Crippen LogP contribution in [0.5, 0.6) is 0 Å². The Morgan fingerprint density at radius 2 is 1.71 bits per heavy atom. The predicted octanol–water partition coefficient (Wildman–Crippen LogP) is 4.48. The van der Waals surface area contributed by atoms with Gasteiger partial charge in [-0.05, 0) is 28.7 Å². The summed E-state index contributed by atoms with van der Waals surface area (Å²) in [4.78, 5) is 12.2. The second-order valence-corrected chi connectivity index (χ2v) is 6.43. The molecule has 2 heteroatoms. The van der Waals surface area contributed by atoms with E-state index in [1.807, 2.05) is 42.5 Å². The van der Waals surface area contributed by atoms with Crippen LogP contribution in [0.1, 0.15) is 37.5 Å². The number of amides is 1. The highest BCUT2D eigenvalue weighted by Gasteiger charge is 2.25. The van der Waals surface area contributed by atoms with E-state index < -0.39 is 0 Å². The molecule has 0 aromatic heterocycles. The largest absolute Gasteiger partial charge is 0.321 e. The van der Waals surface area contributed by atoms with E-state index in [1.165, 1.54) is 5.56 Å². The van der Waals surface area contributed by atoms with Gasteiger partial charge < -0.3 is 5.32 Å². The van der Waals surface area contributed by atoms with Crippen LogP contribution >= 0.6 is 0 Å². The molecule has 106 valence electrons. The van der Waals surface area contributed by atoms with Crippen LogP contribution in [0, 0.1) is 0 Å². The van der Waals surface area contributed by atoms with E-state index in [9.17, 15) is 4.79 Å². The van der Waals surface area contributed by atoms with Crippen LogP contribution in [0.2, 0.25) is 0 Å². The Labute approximate surface area is 125 Å². The number of carbonyl (C=O) groups is 1. The molecule has 0 saturated heterocycles. The molecule has 1 aliphatic rings. The summed E-state index contributed by atoms with van der Waals surface area (Å²) in [5.41, 5.74) is 4.96. The molecule has 2 aromatic rings. The van der Waals surface area contributed by atoms with Crippen molar-refractivity contribution in [2.75, 3.05) is 5.32 Å². The lowest BCUT2D eigenvalue weighted by Crippen LogP contribution is -2.11. The van der Waals surface area contributed by atoms with E-state index in [-0.39, 0.29) is 11.3 Å². The predicted molar refractivity (Wildman–Crippen MR) is 88.1 cm³/mol. The minimum atomic E-state index is -0.0279. The van der Waals surface area contributed by atoms with Crippen molar-refractivity contribution in [1.29, 1.82) is 0 Å². The fourth-order valence-corrected chi connectivity index (χ4v) is 2.52. The van der Waals surface area contributed by atoms with Gasteiger partial charge in [0.2, 0.25) is 0 Å². The Morgan fingerprint density at radius 3 is 2.38 bits per heavy atom. The standard InChI is InChI=1S/C19H19NO/c1-19(2,3)14-9-10-15-16(18(21)20-17(15)12-14)11-13-7-5-4-6-8-13/h4-12H,1-3H3,(H,20,21)/b16-11+. The molecule has 0 atom stereocenters. The Balaban J connectivity index is 2.05. The van der Waals surface area contributed by atoms with E-state index in [2.05, 4.69) is 38.2 Å². The molecule has 0 saturated carbocycles. The average molecular weight is 277 g/mol. The normalized spacial score (nSPS) is 16.0. The number of benzene rings is 2. The molecule has 2 nitrogen and oxygen atoms in total. The van der Waals surface area contributed by atoms with E-state index in [0.29, 0.717) is 0 Å². The maximum Gasteiger partial charge on any atom is 0.256 e. The first-order valence-electron chi connectivity index (χ1n) is 7.18. The number of rotatable bonds is 1. The Kier molecular flexibility index (Phi) is 3.17. The van der Waals surface area contributed by atoms with Crippen molar-refractivity contribution in [3.05, 3.63) is 65.2 Å². The molecule has 0 bridgehead atoms. The van der Waals surface area contributed by atoms with Gasteiger partial charge in [0.25, 0.3) is 5.91 Å². The topological polar surface area (TPSA) is 29.1 Å². The molecular weight excluding hydrogens is 258 g/mol. The van der Waals surface area contributed by atoms with E-state index >= 15 is 0 Å². The fraction of sp³-hybridized carbons (Fsp3) is 0.211. The molecule has 0 unspecified atom stereocenters. The van der Waals surface area contributed by atoms with Crippen molar-refractivity contribution in [3.8, 4) is 0 Å². The van der Waals surface area contributed by atoms with Crippen LogP contribution in [0.4, 0.5) is 5.69 Å². The van der Waals surface area contributed by atoms with Gasteiger partial charge in [0.15, 0.2) is 0 Å². The summed E-state index contributed by atoms with van der Waals surface area (Å²) in [6, 6.07) is 16.2.